The Bertz CT molecular complexity index is 945. The number of rotatable bonds is 6. The molecule has 28 heavy (non-hydrogen) atoms. The van der Waals surface area contributed by atoms with Crippen LogP contribution in [0.15, 0.2) is 36.5 Å². The van der Waals surface area contributed by atoms with Crippen molar-refractivity contribution in [2.75, 3.05) is 23.7 Å². The molecule has 2 heterocycles. The highest BCUT2D eigenvalue weighted by atomic mass is 16.5. The van der Waals surface area contributed by atoms with Crippen molar-refractivity contribution in [2.24, 2.45) is 5.92 Å². The summed E-state index contributed by atoms with van der Waals surface area (Å²) in [5.41, 5.74) is 1.51. The Morgan fingerprint density at radius 3 is 2.79 bits per heavy atom. The lowest BCUT2D eigenvalue weighted by atomic mass is 10.1. The summed E-state index contributed by atoms with van der Waals surface area (Å²) in [7, 11) is 0. The summed E-state index contributed by atoms with van der Waals surface area (Å²) >= 11 is 0. The van der Waals surface area contributed by atoms with Crippen LogP contribution in [0.25, 0.3) is 0 Å². The maximum Gasteiger partial charge on any atom is 0.298 e. The Morgan fingerprint density at radius 1 is 1.21 bits per heavy atom. The van der Waals surface area contributed by atoms with Crippen LogP contribution >= 0.6 is 0 Å². The molecule has 1 saturated heterocycles. The first-order valence-corrected chi connectivity index (χ1v) is 9.03. The molecule has 0 spiro atoms. The van der Waals surface area contributed by atoms with Crippen LogP contribution < -0.4 is 15.4 Å². The van der Waals surface area contributed by atoms with Gasteiger partial charge in [-0.25, -0.2) is 0 Å². The van der Waals surface area contributed by atoms with Gasteiger partial charge in [-0.05, 0) is 30.9 Å². The van der Waals surface area contributed by atoms with Gasteiger partial charge >= 0.3 is 0 Å². The van der Waals surface area contributed by atoms with E-state index in [1.807, 2.05) is 24.3 Å². The minimum absolute atomic E-state index is 0.0142. The number of carbonyl (C=O) groups excluding carboxylic acids is 2. The molecule has 1 aromatic heterocycles. The number of benzene rings is 1. The number of ether oxygens (including phenoxy) is 1. The van der Waals surface area contributed by atoms with E-state index in [2.05, 4.69) is 26.8 Å². The Labute approximate surface area is 162 Å². The van der Waals surface area contributed by atoms with Crippen LogP contribution in [0.1, 0.15) is 12.8 Å². The summed E-state index contributed by atoms with van der Waals surface area (Å²) in [6.07, 6.45) is 8.47. The van der Waals surface area contributed by atoms with Crippen LogP contribution in [0.2, 0.25) is 0 Å². The molecule has 8 heteroatoms. The lowest BCUT2D eigenvalue weighted by molar-refractivity contribution is -0.133. The van der Waals surface area contributed by atoms with Crippen LogP contribution in [-0.4, -0.2) is 46.1 Å². The summed E-state index contributed by atoms with van der Waals surface area (Å²) in [5, 5.41) is 13.9. The fourth-order valence-corrected chi connectivity index (χ4v) is 2.85. The molecular weight excluding hydrogens is 358 g/mol. The molecule has 0 bridgehead atoms. The number of nitrogens with zero attached hydrogens (tertiary/aromatic N) is 3. The molecule has 0 atom stereocenters. The normalized spacial score (nSPS) is 15.9. The van der Waals surface area contributed by atoms with Crippen molar-refractivity contribution in [2.45, 2.75) is 18.9 Å². The number of aromatic nitrogens is 2. The van der Waals surface area contributed by atoms with Gasteiger partial charge < -0.3 is 20.3 Å². The highest BCUT2D eigenvalue weighted by Gasteiger charge is 2.31. The quantitative estimate of drug-likeness (QED) is 0.745. The van der Waals surface area contributed by atoms with E-state index in [-0.39, 0.29) is 23.8 Å². The molecule has 2 N–H and O–H groups in total. The third-order valence-electron chi connectivity index (χ3n) is 4.54. The summed E-state index contributed by atoms with van der Waals surface area (Å²) in [6, 6.07) is 9.20. The van der Waals surface area contributed by atoms with Crippen LogP contribution in [0.5, 0.6) is 5.75 Å². The zero-order valence-electron chi connectivity index (χ0n) is 15.1. The zero-order chi connectivity index (χ0) is 19.5. The van der Waals surface area contributed by atoms with E-state index < -0.39 is 0 Å². The lowest BCUT2D eigenvalue weighted by Gasteiger charge is -2.37. The topological polar surface area (TPSA) is 96.4 Å². The third-order valence-corrected chi connectivity index (χ3v) is 4.54. The smallest absolute Gasteiger partial charge is 0.298 e. The second-order valence-electron chi connectivity index (χ2n) is 6.84. The molecule has 1 aliphatic carbocycles. The number of anilines is 3. The predicted octanol–water partition coefficient (Wildman–Crippen LogP) is 1.79. The largest absolute Gasteiger partial charge is 0.487 e. The first-order chi connectivity index (χ1) is 13.6. The van der Waals surface area contributed by atoms with Gasteiger partial charge in [-0.2, -0.15) is 5.10 Å². The standard InChI is InChI=1S/C20H19N5O3/c1-2-19(26)25-11-17(12-25)28-16-5-3-4-14(8-16)22-15-9-18(24-21-10-15)23-20(27)13-6-7-13/h1,3-5,8-10,13,17H,6-7,11-12H2,(H2,22,23,24,27). The third kappa shape index (κ3) is 4.20. The van der Waals surface area contributed by atoms with Gasteiger partial charge in [-0.15, -0.1) is 11.5 Å². The van der Waals surface area contributed by atoms with E-state index in [1.165, 1.54) is 0 Å². The van der Waals surface area contributed by atoms with Gasteiger partial charge in [0.2, 0.25) is 5.91 Å². The summed E-state index contributed by atoms with van der Waals surface area (Å²) in [6.45, 7) is 0.970. The van der Waals surface area contributed by atoms with Gasteiger partial charge in [0, 0.05) is 23.7 Å². The van der Waals surface area contributed by atoms with Gasteiger partial charge in [-0.1, -0.05) is 6.07 Å². The average molecular weight is 377 g/mol. The van der Waals surface area contributed by atoms with Gasteiger partial charge in [0.25, 0.3) is 5.91 Å². The number of hydrogen-bond donors (Lipinski definition) is 2. The van der Waals surface area contributed by atoms with Crippen molar-refractivity contribution in [1.82, 2.24) is 15.1 Å². The molecule has 4 rings (SSSR count). The second-order valence-corrected chi connectivity index (χ2v) is 6.84. The van der Waals surface area contributed by atoms with E-state index >= 15 is 0 Å². The number of nitrogens with one attached hydrogen (secondary N) is 2. The fraction of sp³-hybridized carbons (Fsp3) is 0.300. The van der Waals surface area contributed by atoms with Crippen molar-refractivity contribution >= 4 is 29.0 Å². The maximum atomic E-state index is 11.9. The van der Waals surface area contributed by atoms with Gasteiger partial charge in [-0.3, -0.25) is 9.59 Å². The van der Waals surface area contributed by atoms with E-state index in [0.717, 1.165) is 18.5 Å². The number of carbonyl (C=O) groups is 2. The first-order valence-electron chi connectivity index (χ1n) is 9.03. The Balaban J connectivity index is 1.35. The van der Waals surface area contributed by atoms with E-state index in [0.29, 0.717) is 30.3 Å². The van der Waals surface area contributed by atoms with Crippen LogP contribution in [-0.2, 0) is 9.59 Å². The minimum Gasteiger partial charge on any atom is -0.487 e. The number of amides is 2. The molecular formula is C20H19N5O3. The highest BCUT2D eigenvalue weighted by molar-refractivity contribution is 5.94. The molecule has 0 radical (unpaired) electrons. The molecule has 2 fully saturated rings. The monoisotopic (exact) mass is 377 g/mol. The molecule has 0 unspecified atom stereocenters. The summed E-state index contributed by atoms with van der Waals surface area (Å²) in [4.78, 5) is 24.8. The highest BCUT2D eigenvalue weighted by Crippen LogP contribution is 2.30. The SMILES string of the molecule is C#CC(=O)N1CC(Oc2cccc(Nc3cnnc(NC(=O)C4CC4)c3)c2)C1. The lowest BCUT2D eigenvalue weighted by Crippen LogP contribution is -2.55. The van der Waals surface area contributed by atoms with Crippen molar-refractivity contribution in [1.29, 1.82) is 0 Å². The number of likely N-dealkylation sites (tertiary alicyclic amines) is 1. The van der Waals surface area contributed by atoms with E-state index in [9.17, 15) is 9.59 Å². The molecule has 142 valence electrons. The van der Waals surface area contributed by atoms with Crippen LogP contribution in [0, 0.1) is 18.3 Å². The van der Waals surface area contributed by atoms with Gasteiger partial charge in [0.15, 0.2) is 5.82 Å². The minimum atomic E-state index is -0.315. The van der Waals surface area contributed by atoms with Crippen LogP contribution in [0.3, 0.4) is 0 Å². The van der Waals surface area contributed by atoms with Crippen molar-refractivity contribution in [3.63, 3.8) is 0 Å². The number of terminal acetylenes is 1. The molecule has 1 aromatic carbocycles. The maximum absolute atomic E-state index is 11.9. The Hall–Kier alpha value is -3.60. The van der Waals surface area contributed by atoms with E-state index in [1.54, 1.807) is 17.2 Å². The molecule has 1 aliphatic heterocycles. The Kier molecular flexibility index (Phi) is 4.81. The van der Waals surface area contributed by atoms with E-state index in [4.69, 9.17) is 11.2 Å². The van der Waals surface area contributed by atoms with Gasteiger partial charge in [0.1, 0.15) is 11.9 Å². The molecule has 2 amide bonds. The summed E-state index contributed by atoms with van der Waals surface area (Å²) in [5.74, 6) is 2.98. The molecule has 2 aliphatic rings. The number of hydrogen-bond acceptors (Lipinski definition) is 6. The second kappa shape index (κ2) is 7.56. The molecule has 1 saturated carbocycles. The van der Waals surface area contributed by atoms with Crippen LogP contribution in [0.4, 0.5) is 17.2 Å². The van der Waals surface area contributed by atoms with Crippen molar-refractivity contribution < 1.29 is 14.3 Å². The van der Waals surface area contributed by atoms with Crippen molar-refractivity contribution in [3.8, 4) is 18.1 Å². The first kappa shape index (κ1) is 17.8. The fourth-order valence-electron chi connectivity index (χ4n) is 2.85. The van der Waals surface area contributed by atoms with Gasteiger partial charge in [0.05, 0.1) is 25.0 Å². The predicted molar refractivity (Wildman–Crippen MR) is 103 cm³/mol. The summed E-state index contributed by atoms with van der Waals surface area (Å²) < 4.78 is 5.88. The molecule has 8 nitrogen and oxygen atoms in total. The zero-order valence-corrected chi connectivity index (χ0v) is 15.1. The Morgan fingerprint density at radius 2 is 2.04 bits per heavy atom. The average Bonchev–Trinajstić information content (AvgIpc) is 3.50. The van der Waals surface area contributed by atoms with Crippen molar-refractivity contribution in [3.05, 3.63) is 36.5 Å². The molecule has 2 aromatic rings.